The predicted octanol–water partition coefficient (Wildman–Crippen LogP) is 8.95. The third kappa shape index (κ3) is 24.5. The molecule has 9 nitrogen and oxygen atoms in total. The van der Waals surface area contributed by atoms with Crippen LogP contribution in [0.1, 0.15) is 160 Å². The first-order valence-corrected chi connectivity index (χ1v) is 21.5. The summed E-state index contributed by atoms with van der Waals surface area (Å²) in [5, 5.41) is 6.79. The lowest BCUT2D eigenvalue weighted by molar-refractivity contribution is -0.132. The highest BCUT2D eigenvalue weighted by molar-refractivity contribution is 5.76. The van der Waals surface area contributed by atoms with E-state index in [1.54, 1.807) is 0 Å². The number of hydrogen-bond acceptors (Lipinski definition) is 7. The first-order valence-electron chi connectivity index (χ1n) is 21.5. The van der Waals surface area contributed by atoms with Crippen LogP contribution in [-0.4, -0.2) is 94.1 Å². The van der Waals surface area contributed by atoms with E-state index in [-0.39, 0.29) is 18.5 Å². The molecule has 1 heterocycles. The number of allylic oxidation sites excluding steroid dienone is 1. The molecule has 1 aromatic heterocycles. The lowest BCUT2D eigenvalue weighted by atomic mass is 9.99. The van der Waals surface area contributed by atoms with Gasteiger partial charge in [0, 0.05) is 70.9 Å². The second-order valence-corrected chi connectivity index (χ2v) is 14.7. The number of carbonyl (C=O) groups is 1. The van der Waals surface area contributed by atoms with Gasteiger partial charge < -0.3 is 39.5 Å². The minimum atomic E-state index is -0.148. The molecule has 52 heavy (non-hydrogen) atoms. The van der Waals surface area contributed by atoms with E-state index in [1.807, 2.05) is 13.8 Å². The maximum atomic E-state index is 12.7. The second kappa shape index (κ2) is 32.7. The summed E-state index contributed by atoms with van der Waals surface area (Å²) in [5.41, 5.74) is 3.83. The van der Waals surface area contributed by atoms with Gasteiger partial charge in [0.25, 0.3) is 0 Å². The zero-order chi connectivity index (χ0) is 37.3. The van der Waals surface area contributed by atoms with Gasteiger partial charge in [0.15, 0.2) is 12.6 Å². The van der Waals surface area contributed by atoms with Crippen molar-refractivity contribution in [2.75, 3.05) is 65.7 Å². The van der Waals surface area contributed by atoms with Gasteiger partial charge in [0.2, 0.25) is 5.91 Å². The summed E-state index contributed by atoms with van der Waals surface area (Å²) >= 11 is 0. The molecule has 2 rings (SSSR count). The van der Waals surface area contributed by atoms with E-state index < -0.39 is 0 Å². The number of unbranched alkanes of at least 4 members (excludes halogenated alkanes) is 12. The molecular weight excluding hydrogens is 652 g/mol. The summed E-state index contributed by atoms with van der Waals surface area (Å²) in [6.07, 6.45) is 29.1. The van der Waals surface area contributed by atoms with E-state index in [9.17, 15) is 4.79 Å². The van der Waals surface area contributed by atoms with Crippen molar-refractivity contribution in [2.45, 2.75) is 169 Å². The predicted molar refractivity (Wildman–Crippen MR) is 217 cm³/mol. The van der Waals surface area contributed by atoms with Crippen molar-refractivity contribution >= 4 is 12.0 Å². The zero-order valence-electron chi connectivity index (χ0n) is 34.1. The van der Waals surface area contributed by atoms with Crippen molar-refractivity contribution < 1.29 is 23.7 Å². The largest absolute Gasteiger partial charge is 0.364 e. The normalized spacial score (nSPS) is 13.9. The maximum Gasteiger partial charge on any atom is 0.220 e. The molecule has 0 fully saturated rings. The smallest absolute Gasteiger partial charge is 0.220 e. The summed E-state index contributed by atoms with van der Waals surface area (Å²) in [7, 11) is 0. The van der Waals surface area contributed by atoms with Crippen LogP contribution < -0.4 is 10.6 Å². The number of aryl methyl sites for hydroxylation is 2. The second-order valence-electron chi connectivity index (χ2n) is 14.7. The minimum Gasteiger partial charge on any atom is -0.364 e. The van der Waals surface area contributed by atoms with Crippen molar-refractivity contribution in [3.8, 4) is 0 Å². The molecule has 1 aliphatic rings. The van der Waals surface area contributed by atoms with Gasteiger partial charge in [-0.3, -0.25) is 4.79 Å². The third-order valence-corrected chi connectivity index (χ3v) is 9.94. The molecule has 2 atom stereocenters. The summed E-state index contributed by atoms with van der Waals surface area (Å²) in [4.78, 5) is 18.6. The topological polar surface area (TPSA) is 97.1 Å². The summed E-state index contributed by atoms with van der Waals surface area (Å²) in [6.45, 7) is 16.9. The molecule has 9 heteroatoms. The van der Waals surface area contributed by atoms with Crippen molar-refractivity contribution in [1.29, 1.82) is 0 Å². The molecule has 1 aromatic rings. The SMILES string of the molecule is CCCCCCCCOC(C)OCCCCNCCN(CCCCOC(C)OCCCCCCCC)CCNC(=O)CCc1c[nH]c2c1C=CCC2. The van der Waals surface area contributed by atoms with Gasteiger partial charge in [-0.05, 0) is 95.9 Å². The molecule has 302 valence electrons. The number of rotatable bonds is 37. The maximum absolute atomic E-state index is 12.7. The van der Waals surface area contributed by atoms with Gasteiger partial charge in [-0.25, -0.2) is 0 Å². The average molecular weight is 733 g/mol. The Morgan fingerprint density at radius 1 is 0.712 bits per heavy atom. The molecule has 1 aliphatic carbocycles. The fourth-order valence-electron chi connectivity index (χ4n) is 6.61. The average Bonchev–Trinajstić information content (AvgIpc) is 3.57. The number of H-pyrrole nitrogens is 1. The molecule has 0 spiro atoms. The van der Waals surface area contributed by atoms with Crippen LogP contribution in [0.5, 0.6) is 0 Å². The molecule has 2 unspecified atom stereocenters. The molecular formula is C43H80N4O5. The van der Waals surface area contributed by atoms with Gasteiger partial charge in [0.05, 0.1) is 0 Å². The van der Waals surface area contributed by atoms with Gasteiger partial charge in [-0.15, -0.1) is 0 Å². The highest BCUT2D eigenvalue weighted by atomic mass is 16.7. The van der Waals surface area contributed by atoms with E-state index in [0.717, 1.165) is 110 Å². The number of fused-ring (bicyclic) bond motifs is 1. The highest BCUT2D eigenvalue weighted by Gasteiger charge is 2.13. The van der Waals surface area contributed by atoms with E-state index in [2.05, 4.69) is 52.7 Å². The number of nitrogens with one attached hydrogen (secondary N) is 3. The molecule has 0 aliphatic heterocycles. The van der Waals surface area contributed by atoms with Crippen LogP contribution in [-0.2, 0) is 36.6 Å². The van der Waals surface area contributed by atoms with Crippen LogP contribution in [0.25, 0.3) is 6.08 Å². The van der Waals surface area contributed by atoms with Gasteiger partial charge in [0.1, 0.15) is 0 Å². The third-order valence-electron chi connectivity index (χ3n) is 9.94. The number of nitrogens with zero attached hydrogens (tertiary/aromatic N) is 1. The van der Waals surface area contributed by atoms with Crippen LogP contribution in [0.15, 0.2) is 12.3 Å². The molecule has 0 saturated heterocycles. The first-order chi connectivity index (χ1) is 25.5. The Morgan fingerprint density at radius 2 is 1.27 bits per heavy atom. The van der Waals surface area contributed by atoms with E-state index in [0.29, 0.717) is 19.6 Å². The fourth-order valence-corrected chi connectivity index (χ4v) is 6.61. The Kier molecular flexibility index (Phi) is 29.1. The summed E-state index contributed by atoms with van der Waals surface area (Å²) < 4.78 is 23.5. The lowest BCUT2D eigenvalue weighted by Gasteiger charge is -2.23. The zero-order valence-corrected chi connectivity index (χ0v) is 34.1. The summed E-state index contributed by atoms with van der Waals surface area (Å²) in [5.74, 6) is 0.125. The molecule has 0 aromatic carbocycles. The van der Waals surface area contributed by atoms with Gasteiger partial charge >= 0.3 is 0 Å². The Hall–Kier alpha value is -1.75. The molecule has 1 amide bonds. The number of aromatic amines is 1. The van der Waals surface area contributed by atoms with Crippen molar-refractivity contribution in [3.05, 3.63) is 29.1 Å². The Balaban J connectivity index is 1.59. The van der Waals surface area contributed by atoms with Crippen LogP contribution in [0.3, 0.4) is 0 Å². The fraction of sp³-hybridized carbons (Fsp3) is 0.837. The van der Waals surface area contributed by atoms with E-state index in [4.69, 9.17) is 18.9 Å². The van der Waals surface area contributed by atoms with Crippen LogP contribution in [0.2, 0.25) is 0 Å². The van der Waals surface area contributed by atoms with Crippen LogP contribution in [0.4, 0.5) is 0 Å². The number of hydrogen-bond donors (Lipinski definition) is 3. The van der Waals surface area contributed by atoms with Crippen molar-refractivity contribution in [2.24, 2.45) is 0 Å². The standard InChI is InChI=1S/C43H80N4O5/c1-5-7-9-11-13-19-33-49-38(3)51-35-21-17-27-44-28-31-47(30-18-22-36-52-39(4)50-34-20-14-12-10-8-6-2)32-29-45-43(48)26-25-40-37-46-42-24-16-15-23-41(40)42/h15,23,37-39,44,46H,5-14,16-22,24-36H2,1-4H3,(H,45,48). The monoisotopic (exact) mass is 733 g/mol. The molecule has 0 bridgehead atoms. The highest BCUT2D eigenvalue weighted by Crippen LogP contribution is 2.23. The molecule has 0 saturated carbocycles. The molecule has 3 N–H and O–H groups in total. The van der Waals surface area contributed by atoms with Gasteiger partial charge in [-0.1, -0.05) is 90.2 Å². The van der Waals surface area contributed by atoms with Crippen LogP contribution >= 0.6 is 0 Å². The van der Waals surface area contributed by atoms with Crippen LogP contribution in [0, 0.1) is 0 Å². The first kappa shape index (κ1) is 46.4. The molecule has 0 radical (unpaired) electrons. The lowest BCUT2D eigenvalue weighted by Crippen LogP contribution is -2.39. The van der Waals surface area contributed by atoms with Crippen molar-refractivity contribution in [3.63, 3.8) is 0 Å². The Labute approximate surface area is 319 Å². The Morgan fingerprint density at radius 3 is 1.90 bits per heavy atom. The number of amides is 1. The Bertz CT molecular complexity index is 1000. The van der Waals surface area contributed by atoms with E-state index >= 15 is 0 Å². The number of aromatic nitrogens is 1. The number of carbonyl (C=O) groups excluding carboxylic acids is 1. The summed E-state index contributed by atoms with van der Waals surface area (Å²) in [6, 6.07) is 0. The van der Waals surface area contributed by atoms with Crippen molar-refractivity contribution in [1.82, 2.24) is 20.5 Å². The quantitative estimate of drug-likeness (QED) is 0.0464. The van der Waals surface area contributed by atoms with E-state index in [1.165, 1.54) is 81.0 Å². The van der Waals surface area contributed by atoms with Gasteiger partial charge in [-0.2, -0.15) is 0 Å². The number of ether oxygens (including phenoxy) is 4. The minimum absolute atomic E-state index is 0.125.